The third-order valence-corrected chi connectivity index (χ3v) is 1.45. The highest BCUT2D eigenvalue weighted by Gasteiger charge is 2.26. The number of ether oxygens (including phenoxy) is 1. The van der Waals surface area contributed by atoms with Crippen LogP contribution in [0.3, 0.4) is 0 Å². The van der Waals surface area contributed by atoms with Gasteiger partial charge in [-0.2, -0.15) is 13.2 Å². The summed E-state index contributed by atoms with van der Waals surface area (Å²) >= 11 is 0. The average Bonchev–Trinajstić information content (AvgIpc) is 2.06. The summed E-state index contributed by atoms with van der Waals surface area (Å²) in [5.41, 5.74) is 5.63. The Labute approximate surface area is 78.7 Å². The van der Waals surface area contributed by atoms with E-state index in [-0.39, 0.29) is 11.4 Å². The van der Waals surface area contributed by atoms with Crippen molar-refractivity contribution in [2.75, 3.05) is 12.3 Å². The van der Waals surface area contributed by atoms with Gasteiger partial charge in [0.15, 0.2) is 0 Å². The summed E-state index contributed by atoms with van der Waals surface area (Å²) in [6, 6.07) is 1.42. The molecule has 0 aliphatic rings. The lowest BCUT2D eigenvalue weighted by atomic mass is 10.4. The summed E-state index contributed by atoms with van der Waals surface area (Å²) in [6.07, 6.45) is -2.47. The van der Waals surface area contributed by atoms with Gasteiger partial charge in [-0.25, -0.2) is 0 Å². The van der Waals surface area contributed by atoms with E-state index in [0.717, 1.165) is 0 Å². The van der Waals surface area contributed by atoms with Crippen molar-refractivity contribution < 1.29 is 17.9 Å². The maximum atomic E-state index is 11.7. The predicted octanol–water partition coefficient (Wildman–Crippen LogP) is 2.00. The van der Waals surface area contributed by atoms with Gasteiger partial charge in [-0.05, 0) is 0 Å². The van der Waals surface area contributed by atoms with E-state index in [1.165, 1.54) is 18.5 Å². The number of pyridine rings is 1. The summed E-state index contributed by atoms with van der Waals surface area (Å²) in [4.78, 5) is 3.67. The molecule has 0 aromatic carbocycles. The topological polar surface area (TPSA) is 48.1 Å². The van der Waals surface area contributed by atoms with Crippen LogP contribution >= 0.6 is 0 Å². The molecule has 0 saturated heterocycles. The standard InChI is InChI=1S/C8H9F3N2O/c9-8(10,11)2-4-14-7-1-3-13-5-6(7)12/h1,3,5H,2,4,12H2. The molecule has 0 fully saturated rings. The maximum Gasteiger partial charge on any atom is 0.392 e. The summed E-state index contributed by atoms with van der Waals surface area (Å²) in [7, 11) is 0. The van der Waals surface area contributed by atoms with Crippen LogP contribution < -0.4 is 10.5 Å². The molecule has 0 bridgehead atoms. The number of halogens is 3. The molecule has 0 spiro atoms. The molecule has 6 heteroatoms. The number of hydrogen-bond acceptors (Lipinski definition) is 3. The molecule has 0 unspecified atom stereocenters. The molecule has 1 rings (SSSR count). The predicted molar refractivity (Wildman–Crippen MR) is 44.8 cm³/mol. The minimum Gasteiger partial charge on any atom is -0.491 e. The third-order valence-electron chi connectivity index (χ3n) is 1.45. The first-order valence-electron chi connectivity index (χ1n) is 3.88. The number of nitrogen functional groups attached to an aromatic ring is 1. The van der Waals surface area contributed by atoms with Crippen molar-refractivity contribution in [3.63, 3.8) is 0 Å². The lowest BCUT2D eigenvalue weighted by Gasteiger charge is -2.09. The van der Waals surface area contributed by atoms with E-state index in [9.17, 15) is 13.2 Å². The maximum absolute atomic E-state index is 11.7. The zero-order chi connectivity index (χ0) is 10.6. The van der Waals surface area contributed by atoms with Crippen LogP contribution in [-0.2, 0) is 0 Å². The summed E-state index contributed by atoms with van der Waals surface area (Å²) in [6.45, 7) is -0.433. The van der Waals surface area contributed by atoms with Crippen LogP contribution in [0, 0.1) is 0 Å². The van der Waals surface area contributed by atoms with Gasteiger partial charge in [0.05, 0.1) is 24.9 Å². The molecule has 78 valence electrons. The Balaban J connectivity index is 2.43. The molecule has 14 heavy (non-hydrogen) atoms. The van der Waals surface area contributed by atoms with E-state index < -0.39 is 19.2 Å². The minimum atomic E-state index is -4.21. The van der Waals surface area contributed by atoms with Gasteiger partial charge in [0.25, 0.3) is 0 Å². The van der Waals surface area contributed by atoms with Crippen LogP contribution in [0.25, 0.3) is 0 Å². The number of anilines is 1. The van der Waals surface area contributed by atoms with Crippen LogP contribution in [0.2, 0.25) is 0 Å². The molecular weight excluding hydrogens is 197 g/mol. The largest absolute Gasteiger partial charge is 0.491 e. The molecular formula is C8H9F3N2O. The second-order valence-corrected chi connectivity index (χ2v) is 2.63. The van der Waals surface area contributed by atoms with Crippen LogP contribution in [0.5, 0.6) is 5.75 Å². The van der Waals surface area contributed by atoms with Gasteiger partial charge in [-0.15, -0.1) is 0 Å². The van der Waals surface area contributed by atoms with E-state index in [2.05, 4.69) is 4.98 Å². The molecule has 1 heterocycles. The second-order valence-electron chi connectivity index (χ2n) is 2.63. The fourth-order valence-corrected chi connectivity index (χ4v) is 0.802. The smallest absolute Gasteiger partial charge is 0.392 e. The van der Waals surface area contributed by atoms with E-state index in [0.29, 0.717) is 0 Å². The molecule has 0 radical (unpaired) electrons. The van der Waals surface area contributed by atoms with Crippen molar-refractivity contribution in [1.29, 1.82) is 0 Å². The highest BCUT2D eigenvalue weighted by atomic mass is 19.4. The Kier molecular flexibility index (Phi) is 3.16. The fraction of sp³-hybridized carbons (Fsp3) is 0.375. The van der Waals surface area contributed by atoms with E-state index in [1.54, 1.807) is 0 Å². The van der Waals surface area contributed by atoms with Crippen LogP contribution in [0.15, 0.2) is 18.5 Å². The van der Waals surface area contributed by atoms with Crippen LogP contribution in [-0.4, -0.2) is 17.8 Å². The zero-order valence-electron chi connectivity index (χ0n) is 7.21. The number of nitrogens with two attached hydrogens (primary N) is 1. The van der Waals surface area contributed by atoms with E-state index in [1.807, 2.05) is 0 Å². The molecule has 2 N–H and O–H groups in total. The molecule has 1 aromatic rings. The molecule has 1 aromatic heterocycles. The third kappa shape index (κ3) is 3.51. The van der Waals surface area contributed by atoms with E-state index in [4.69, 9.17) is 10.5 Å². The molecule has 0 amide bonds. The lowest BCUT2D eigenvalue weighted by Crippen LogP contribution is -2.13. The highest BCUT2D eigenvalue weighted by Crippen LogP contribution is 2.22. The fourth-order valence-electron chi connectivity index (χ4n) is 0.802. The number of hydrogen-bond donors (Lipinski definition) is 1. The zero-order valence-corrected chi connectivity index (χ0v) is 7.21. The minimum absolute atomic E-state index is 0.226. The number of nitrogens with zero attached hydrogens (tertiary/aromatic N) is 1. The number of alkyl halides is 3. The first kappa shape index (κ1) is 10.6. The number of aromatic nitrogens is 1. The Bertz CT molecular complexity index is 301. The van der Waals surface area contributed by atoms with Crippen LogP contribution in [0.1, 0.15) is 6.42 Å². The second kappa shape index (κ2) is 4.17. The highest BCUT2D eigenvalue weighted by molar-refractivity contribution is 5.49. The normalized spacial score (nSPS) is 11.4. The van der Waals surface area contributed by atoms with Gasteiger partial charge in [0.2, 0.25) is 0 Å². The van der Waals surface area contributed by atoms with Gasteiger partial charge >= 0.3 is 6.18 Å². The molecule has 3 nitrogen and oxygen atoms in total. The van der Waals surface area contributed by atoms with Gasteiger partial charge < -0.3 is 10.5 Å². The molecule has 0 aliphatic carbocycles. The summed E-state index contributed by atoms with van der Waals surface area (Å²) in [5, 5.41) is 0. The van der Waals surface area contributed by atoms with Gasteiger partial charge in [-0.3, -0.25) is 4.98 Å². The average molecular weight is 206 g/mol. The molecule has 0 saturated carbocycles. The lowest BCUT2D eigenvalue weighted by molar-refractivity contribution is -0.139. The Hall–Kier alpha value is -1.46. The monoisotopic (exact) mass is 206 g/mol. The van der Waals surface area contributed by atoms with Crippen molar-refractivity contribution >= 4 is 5.69 Å². The Morgan fingerprint density at radius 2 is 2.14 bits per heavy atom. The summed E-state index contributed by atoms with van der Waals surface area (Å²) in [5.74, 6) is 0.226. The van der Waals surface area contributed by atoms with Crippen molar-refractivity contribution in [2.45, 2.75) is 12.6 Å². The molecule has 0 atom stereocenters. The van der Waals surface area contributed by atoms with Crippen molar-refractivity contribution in [1.82, 2.24) is 4.98 Å². The van der Waals surface area contributed by atoms with Crippen LogP contribution in [0.4, 0.5) is 18.9 Å². The van der Waals surface area contributed by atoms with Crippen molar-refractivity contribution in [3.8, 4) is 5.75 Å². The first-order valence-corrected chi connectivity index (χ1v) is 3.88. The quantitative estimate of drug-likeness (QED) is 0.822. The molecule has 0 aliphatic heterocycles. The Morgan fingerprint density at radius 3 is 2.71 bits per heavy atom. The first-order chi connectivity index (χ1) is 6.49. The van der Waals surface area contributed by atoms with Gasteiger partial charge in [0, 0.05) is 12.3 Å². The van der Waals surface area contributed by atoms with Gasteiger partial charge in [0.1, 0.15) is 5.75 Å². The Morgan fingerprint density at radius 1 is 1.43 bits per heavy atom. The van der Waals surface area contributed by atoms with Gasteiger partial charge in [-0.1, -0.05) is 0 Å². The van der Waals surface area contributed by atoms with Crippen molar-refractivity contribution in [2.24, 2.45) is 0 Å². The van der Waals surface area contributed by atoms with E-state index >= 15 is 0 Å². The SMILES string of the molecule is Nc1cnccc1OCCC(F)(F)F. The van der Waals surface area contributed by atoms with Crippen molar-refractivity contribution in [3.05, 3.63) is 18.5 Å². The summed E-state index contributed by atoms with van der Waals surface area (Å²) < 4.78 is 40.0. The number of rotatable bonds is 3.